The van der Waals surface area contributed by atoms with Crippen LogP contribution in [0.5, 0.6) is 5.75 Å². The molecule has 6 heteroatoms. The molecule has 1 heterocycles. The number of hydrogen-bond acceptors (Lipinski definition) is 4. The van der Waals surface area contributed by atoms with Gasteiger partial charge in [0.25, 0.3) is 0 Å². The molecular weight excluding hydrogens is 340 g/mol. The molecule has 0 aliphatic carbocycles. The summed E-state index contributed by atoms with van der Waals surface area (Å²) in [6.45, 7) is 4.42. The molecule has 1 saturated heterocycles. The van der Waals surface area contributed by atoms with Crippen LogP contribution in [0.25, 0.3) is 0 Å². The summed E-state index contributed by atoms with van der Waals surface area (Å²) in [5.41, 5.74) is 2.24. The lowest BCUT2D eigenvalue weighted by Gasteiger charge is -2.36. The fourth-order valence-corrected chi connectivity index (χ4v) is 3.30. The van der Waals surface area contributed by atoms with Gasteiger partial charge in [-0.25, -0.2) is 4.79 Å². The van der Waals surface area contributed by atoms with Crippen LogP contribution in [-0.2, 0) is 0 Å². The standard InChI is InChI=1S/C21H28N4O2/c1-23(18-8-4-3-5-9-18)13-12-22-21(26)25-16-14-24(15-17-25)19-10-6-7-11-20(19)27-2/h3-11H,12-17H2,1-2H3,(H,22,26). The third kappa shape index (κ3) is 4.84. The number of piperazine rings is 1. The van der Waals surface area contributed by atoms with Crippen LogP contribution in [0.3, 0.4) is 0 Å². The molecule has 0 aromatic heterocycles. The molecule has 144 valence electrons. The van der Waals surface area contributed by atoms with Gasteiger partial charge in [-0.2, -0.15) is 0 Å². The van der Waals surface area contributed by atoms with Gasteiger partial charge in [-0.3, -0.25) is 0 Å². The van der Waals surface area contributed by atoms with Gasteiger partial charge in [-0.15, -0.1) is 0 Å². The van der Waals surface area contributed by atoms with Gasteiger partial charge >= 0.3 is 6.03 Å². The van der Waals surface area contributed by atoms with Gasteiger partial charge in [0.15, 0.2) is 0 Å². The zero-order valence-electron chi connectivity index (χ0n) is 16.1. The van der Waals surface area contributed by atoms with E-state index in [2.05, 4.69) is 33.3 Å². The number of likely N-dealkylation sites (N-methyl/N-ethyl adjacent to an activating group) is 1. The minimum absolute atomic E-state index is 0.0103. The second kappa shape index (κ2) is 9.16. The first-order chi connectivity index (χ1) is 13.2. The maximum atomic E-state index is 12.4. The molecule has 0 bridgehead atoms. The Hall–Kier alpha value is -2.89. The van der Waals surface area contributed by atoms with Gasteiger partial charge in [-0.1, -0.05) is 30.3 Å². The lowest BCUT2D eigenvalue weighted by molar-refractivity contribution is 0.194. The highest BCUT2D eigenvalue weighted by molar-refractivity contribution is 5.74. The highest BCUT2D eigenvalue weighted by atomic mass is 16.5. The number of carbonyl (C=O) groups excluding carboxylic acids is 1. The monoisotopic (exact) mass is 368 g/mol. The quantitative estimate of drug-likeness (QED) is 0.852. The van der Waals surface area contributed by atoms with Crippen molar-refractivity contribution in [3.05, 3.63) is 54.6 Å². The van der Waals surface area contributed by atoms with Gasteiger partial charge in [-0.05, 0) is 24.3 Å². The highest BCUT2D eigenvalue weighted by Crippen LogP contribution is 2.28. The summed E-state index contributed by atoms with van der Waals surface area (Å²) in [5, 5.41) is 3.03. The minimum atomic E-state index is 0.0103. The van der Waals surface area contributed by atoms with Crippen LogP contribution in [0.4, 0.5) is 16.2 Å². The molecule has 0 saturated carbocycles. The SMILES string of the molecule is COc1ccccc1N1CCN(C(=O)NCCN(C)c2ccccc2)CC1. The zero-order valence-corrected chi connectivity index (χ0v) is 16.1. The normalized spacial score (nSPS) is 14.0. The van der Waals surface area contributed by atoms with E-state index in [1.54, 1.807) is 7.11 Å². The van der Waals surface area contributed by atoms with Gasteiger partial charge in [0.1, 0.15) is 5.75 Å². The molecule has 0 radical (unpaired) electrons. The number of benzene rings is 2. The van der Waals surface area contributed by atoms with Crippen LogP contribution in [-0.4, -0.2) is 64.4 Å². The van der Waals surface area contributed by atoms with E-state index in [0.717, 1.165) is 36.8 Å². The summed E-state index contributed by atoms with van der Waals surface area (Å²) in [4.78, 5) is 18.7. The number of anilines is 2. The Labute approximate surface area is 161 Å². The zero-order chi connectivity index (χ0) is 19.1. The number of nitrogens with one attached hydrogen (secondary N) is 1. The van der Waals surface area contributed by atoms with E-state index in [1.807, 2.05) is 48.3 Å². The molecule has 2 aromatic rings. The largest absolute Gasteiger partial charge is 0.495 e. The van der Waals surface area contributed by atoms with Crippen molar-refractivity contribution in [3.8, 4) is 5.75 Å². The van der Waals surface area contributed by atoms with Crippen molar-refractivity contribution >= 4 is 17.4 Å². The number of nitrogens with zero attached hydrogens (tertiary/aromatic N) is 3. The molecule has 0 spiro atoms. The number of rotatable bonds is 6. The molecule has 0 atom stereocenters. The van der Waals surface area contributed by atoms with E-state index < -0.39 is 0 Å². The molecule has 0 unspecified atom stereocenters. The Balaban J connectivity index is 1.43. The Morgan fingerprint density at radius 3 is 2.41 bits per heavy atom. The summed E-state index contributed by atoms with van der Waals surface area (Å²) in [6, 6.07) is 18.2. The van der Waals surface area contributed by atoms with E-state index in [9.17, 15) is 4.79 Å². The van der Waals surface area contributed by atoms with Gasteiger partial charge in [0.05, 0.1) is 12.8 Å². The number of amides is 2. The summed E-state index contributed by atoms with van der Waals surface area (Å²) in [6.07, 6.45) is 0. The van der Waals surface area contributed by atoms with Gasteiger partial charge in [0, 0.05) is 52.0 Å². The van der Waals surface area contributed by atoms with E-state index in [0.29, 0.717) is 19.6 Å². The number of urea groups is 1. The number of para-hydroxylation sites is 3. The number of methoxy groups -OCH3 is 1. The van der Waals surface area contributed by atoms with Crippen molar-refractivity contribution < 1.29 is 9.53 Å². The Bertz CT molecular complexity index is 730. The van der Waals surface area contributed by atoms with Crippen LogP contribution < -0.4 is 19.9 Å². The lowest BCUT2D eigenvalue weighted by atomic mass is 10.2. The molecule has 1 N–H and O–H groups in total. The summed E-state index contributed by atoms with van der Waals surface area (Å²) < 4.78 is 5.45. The Kier molecular flexibility index (Phi) is 6.41. The predicted molar refractivity (Wildman–Crippen MR) is 110 cm³/mol. The first-order valence-electron chi connectivity index (χ1n) is 9.36. The van der Waals surface area contributed by atoms with Crippen LogP contribution >= 0.6 is 0 Å². The van der Waals surface area contributed by atoms with E-state index in [4.69, 9.17) is 4.74 Å². The smallest absolute Gasteiger partial charge is 0.317 e. The molecule has 2 amide bonds. The fraction of sp³-hybridized carbons (Fsp3) is 0.381. The minimum Gasteiger partial charge on any atom is -0.495 e. The first kappa shape index (κ1) is 18.9. The fourth-order valence-electron chi connectivity index (χ4n) is 3.30. The van der Waals surface area contributed by atoms with Crippen molar-refractivity contribution in [1.29, 1.82) is 0 Å². The van der Waals surface area contributed by atoms with E-state index in [-0.39, 0.29) is 6.03 Å². The van der Waals surface area contributed by atoms with Crippen molar-refractivity contribution in [2.75, 3.05) is 63.2 Å². The summed E-state index contributed by atoms with van der Waals surface area (Å²) in [7, 11) is 3.72. The summed E-state index contributed by atoms with van der Waals surface area (Å²) >= 11 is 0. The van der Waals surface area contributed by atoms with Crippen LogP contribution in [0, 0.1) is 0 Å². The molecule has 1 aliphatic heterocycles. The molecule has 2 aromatic carbocycles. The van der Waals surface area contributed by atoms with Crippen molar-refractivity contribution in [2.45, 2.75) is 0 Å². The molecule has 3 rings (SSSR count). The number of ether oxygens (including phenoxy) is 1. The second-order valence-corrected chi connectivity index (χ2v) is 6.63. The number of carbonyl (C=O) groups is 1. The van der Waals surface area contributed by atoms with E-state index in [1.165, 1.54) is 0 Å². The molecule has 27 heavy (non-hydrogen) atoms. The highest BCUT2D eigenvalue weighted by Gasteiger charge is 2.22. The molecule has 6 nitrogen and oxygen atoms in total. The average molecular weight is 368 g/mol. The molecular formula is C21H28N4O2. The average Bonchev–Trinajstić information content (AvgIpc) is 2.74. The van der Waals surface area contributed by atoms with Gasteiger partial charge < -0.3 is 24.8 Å². The Morgan fingerprint density at radius 2 is 1.70 bits per heavy atom. The van der Waals surface area contributed by atoms with Crippen LogP contribution in [0.1, 0.15) is 0 Å². The van der Waals surface area contributed by atoms with Crippen molar-refractivity contribution in [2.24, 2.45) is 0 Å². The summed E-state index contributed by atoms with van der Waals surface area (Å²) in [5.74, 6) is 0.874. The van der Waals surface area contributed by atoms with Crippen LogP contribution in [0.15, 0.2) is 54.6 Å². The first-order valence-corrected chi connectivity index (χ1v) is 9.36. The molecule has 1 fully saturated rings. The van der Waals surface area contributed by atoms with Gasteiger partial charge in [0.2, 0.25) is 0 Å². The third-order valence-corrected chi connectivity index (χ3v) is 4.91. The number of hydrogen-bond donors (Lipinski definition) is 1. The maximum Gasteiger partial charge on any atom is 0.317 e. The van der Waals surface area contributed by atoms with Crippen molar-refractivity contribution in [3.63, 3.8) is 0 Å². The van der Waals surface area contributed by atoms with Crippen LogP contribution in [0.2, 0.25) is 0 Å². The predicted octanol–water partition coefficient (Wildman–Crippen LogP) is 2.66. The topological polar surface area (TPSA) is 48.1 Å². The Morgan fingerprint density at radius 1 is 1.04 bits per heavy atom. The van der Waals surface area contributed by atoms with E-state index >= 15 is 0 Å². The second-order valence-electron chi connectivity index (χ2n) is 6.63. The third-order valence-electron chi connectivity index (χ3n) is 4.91. The maximum absolute atomic E-state index is 12.4. The van der Waals surface area contributed by atoms with Crippen molar-refractivity contribution in [1.82, 2.24) is 10.2 Å². The lowest BCUT2D eigenvalue weighted by Crippen LogP contribution is -2.52. The molecule has 1 aliphatic rings.